The highest BCUT2D eigenvalue weighted by molar-refractivity contribution is 6.32. The molecule has 12 nitrogen and oxygen atoms in total. The van der Waals surface area contributed by atoms with Crippen molar-refractivity contribution >= 4 is 34.6 Å². The fourth-order valence-corrected chi connectivity index (χ4v) is 3.10. The van der Waals surface area contributed by atoms with Crippen LogP contribution in [-0.2, 0) is 0 Å². The second-order valence-electron chi connectivity index (χ2n) is 6.47. The molecule has 0 fully saturated rings. The number of nitrogens with zero attached hydrogens (tertiary/aromatic N) is 7. The van der Waals surface area contributed by atoms with Gasteiger partial charge in [0.2, 0.25) is 0 Å². The number of nitrogens with one attached hydrogen (secondary N) is 2. The van der Waals surface area contributed by atoms with E-state index in [0.717, 1.165) is 16.2 Å². The molecule has 4 rings (SSSR count). The number of anilines is 2. The third-order valence-electron chi connectivity index (χ3n) is 4.35. The van der Waals surface area contributed by atoms with Crippen molar-refractivity contribution in [2.24, 2.45) is 0 Å². The Balaban J connectivity index is 1.43. The second kappa shape index (κ2) is 8.36. The second-order valence-corrected chi connectivity index (χ2v) is 6.85. The van der Waals surface area contributed by atoms with Gasteiger partial charge >= 0.3 is 0 Å². The summed E-state index contributed by atoms with van der Waals surface area (Å²) < 4.78 is 2.67. The Morgan fingerprint density at radius 2 is 1.90 bits per heavy atom. The molecule has 158 valence electrons. The Labute approximate surface area is 179 Å². The summed E-state index contributed by atoms with van der Waals surface area (Å²) in [5, 5.41) is 25.3. The molecule has 0 aliphatic rings. The molecule has 0 aliphatic heterocycles. The van der Waals surface area contributed by atoms with Gasteiger partial charge in [-0.05, 0) is 19.1 Å². The molecule has 3 aromatic heterocycles. The van der Waals surface area contributed by atoms with Crippen LogP contribution in [0.25, 0.3) is 11.5 Å². The van der Waals surface area contributed by atoms with Crippen molar-refractivity contribution < 1.29 is 4.92 Å². The SMILES string of the molecule is Cc1cc(NCCNc2cnn(-c3ccc([N+](=O)[O-])cc3)c(=O)c2Cl)n2ncnc2n1. The molecule has 3 heterocycles. The van der Waals surface area contributed by atoms with Crippen LogP contribution in [0.15, 0.2) is 47.7 Å². The predicted octanol–water partition coefficient (Wildman–Crippen LogP) is 2.06. The number of nitro benzene ring substituents is 1. The lowest BCUT2D eigenvalue weighted by molar-refractivity contribution is -0.384. The van der Waals surface area contributed by atoms with Gasteiger partial charge in [-0.3, -0.25) is 14.9 Å². The molecule has 0 amide bonds. The van der Waals surface area contributed by atoms with Gasteiger partial charge in [0.15, 0.2) is 0 Å². The molecule has 13 heteroatoms. The first kappa shape index (κ1) is 20.2. The highest BCUT2D eigenvalue weighted by Gasteiger charge is 2.12. The number of halogens is 1. The van der Waals surface area contributed by atoms with E-state index in [1.807, 2.05) is 13.0 Å². The number of benzene rings is 1. The van der Waals surface area contributed by atoms with Crippen molar-refractivity contribution in [3.05, 3.63) is 74.0 Å². The summed E-state index contributed by atoms with van der Waals surface area (Å²) in [6.07, 6.45) is 2.86. The molecule has 0 radical (unpaired) electrons. The molecule has 4 aromatic rings. The van der Waals surface area contributed by atoms with E-state index in [-0.39, 0.29) is 10.7 Å². The summed E-state index contributed by atoms with van der Waals surface area (Å²) in [4.78, 5) is 31.2. The van der Waals surface area contributed by atoms with Crippen molar-refractivity contribution in [2.75, 3.05) is 23.7 Å². The van der Waals surface area contributed by atoms with Crippen LogP contribution in [0, 0.1) is 17.0 Å². The number of hydrogen-bond acceptors (Lipinski definition) is 9. The fourth-order valence-electron chi connectivity index (χ4n) is 2.90. The minimum absolute atomic E-state index is 0.0354. The third kappa shape index (κ3) is 4.14. The molecular formula is C18H16ClN9O3. The van der Waals surface area contributed by atoms with Crippen LogP contribution in [0.5, 0.6) is 0 Å². The average Bonchev–Trinajstić information content (AvgIpc) is 3.22. The van der Waals surface area contributed by atoms with E-state index in [9.17, 15) is 14.9 Å². The van der Waals surface area contributed by atoms with Crippen LogP contribution in [0.3, 0.4) is 0 Å². The van der Waals surface area contributed by atoms with E-state index >= 15 is 0 Å². The number of aryl methyl sites for hydroxylation is 1. The lowest BCUT2D eigenvalue weighted by Crippen LogP contribution is -2.24. The predicted molar refractivity (Wildman–Crippen MR) is 114 cm³/mol. The highest BCUT2D eigenvalue weighted by Crippen LogP contribution is 2.18. The van der Waals surface area contributed by atoms with E-state index in [0.29, 0.717) is 30.2 Å². The van der Waals surface area contributed by atoms with Crippen LogP contribution >= 0.6 is 11.6 Å². The number of rotatable bonds is 7. The van der Waals surface area contributed by atoms with Gasteiger partial charge in [0.1, 0.15) is 17.2 Å². The van der Waals surface area contributed by atoms with E-state index in [1.54, 1.807) is 4.52 Å². The summed E-state index contributed by atoms with van der Waals surface area (Å²) in [5.74, 6) is 1.23. The maximum absolute atomic E-state index is 12.6. The molecule has 0 spiro atoms. The lowest BCUT2D eigenvalue weighted by Gasteiger charge is -2.12. The van der Waals surface area contributed by atoms with Crippen molar-refractivity contribution in [3.63, 3.8) is 0 Å². The summed E-state index contributed by atoms with van der Waals surface area (Å²) in [6, 6.07) is 7.30. The van der Waals surface area contributed by atoms with Gasteiger partial charge in [0, 0.05) is 37.0 Å². The lowest BCUT2D eigenvalue weighted by atomic mass is 10.3. The smallest absolute Gasteiger partial charge is 0.292 e. The van der Waals surface area contributed by atoms with Crippen molar-refractivity contribution in [3.8, 4) is 5.69 Å². The van der Waals surface area contributed by atoms with Crippen molar-refractivity contribution in [1.82, 2.24) is 29.4 Å². The molecule has 0 atom stereocenters. The topological polar surface area (TPSA) is 145 Å². The first-order valence-corrected chi connectivity index (χ1v) is 9.49. The maximum atomic E-state index is 12.6. The van der Waals surface area contributed by atoms with Gasteiger partial charge in [-0.2, -0.15) is 24.4 Å². The minimum atomic E-state index is -0.539. The standard InChI is InChI=1S/C18H16ClN9O3/c1-11-8-15(27-18(25-11)22-10-24-27)21-7-6-20-14-9-23-26(17(29)16(14)19)12-2-4-13(5-3-12)28(30)31/h2-5,8-10,20-21H,6-7H2,1H3. The number of hydrogen-bond donors (Lipinski definition) is 2. The summed E-state index contributed by atoms with van der Waals surface area (Å²) in [7, 11) is 0. The quantitative estimate of drug-likeness (QED) is 0.250. The molecule has 31 heavy (non-hydrogen) atoms. The van der Waals surface area contributed by atoms with Crippen LogP contribution in [-0.4, -0.2) is 47.4 Å². The van der Waals surface area contributed by atoms with Crippen molar-refractivity contribution in [2.45, 2.75) is 6.92 Å². The first-order chi connectivity index (χ1) is 14.9. The van der Waals surface area contributed by atoms with Crippen molar-refractivity contribution in [1.29, 1.82) is 0 Å². The van der Waals surface area contributed by atoms with Gasteiger partial charge < -0.3 is 10.6 Å². The Kier molecular flexibility index (Phi) is 5.45. The van der Waals surface area contributed by atoms with E-state index in [2.05, 4.69) is 30.8 Å². The largest absolute Gasteiger partial charge is 0.381 e. The Morgan fingerprint density at radius 1 is 1.16 bits per heavy atom. The number of nitro groups is 1. The zero-order valence-electron chi connectivity index (χ0n) is 16.2. The Morgan fingerprint density at radius 3 is 2.65 bits per heavy atom. The maximum Gasteiger partial charge on any atom is 0.292 e. The van der Waals surface area contributed by atoms with E-state index < -0.39 is 10.5 Å². The van der Waals surface area contributed by atoms with Gasteiger partial charge in [-0.25, -0.2) is 4.98 Å². The van der Waals surface area contributed by atoms with Crippen LogP contribution in [0.2, 0.25) is 5.02 Å². The molecule has 1 aromatic carbocycles. The zero-order valence-corrected chi connectivity index (χ0v) is 16.9. The Bertz CT molecular complexity index is 1320. The molecule has 0 saturated heterocycles. The van der Waals surface area contributed by atoms with Gasteiger partial charge in [0.25, 0.3) is 17.0 Å². The number of non-ortho nitro benzene ring substituents is 1. The van der Waals surface area contributed by atoms with Crippen LogP contribution in [0.4, 0.5) is 17.2 Å². The van der Waals surface area contributed by atoms with Crippen LogP contribution < -0.4 is 16.2 Å². The number of fused-ring (bicyclic) bond motifs is 1. The van der Waals surface area contributed by atoms with Gasteiger partial charge in [0.05, 0.1) is 22.5 Å². The summed E-state index contributed by atoms with van der Waals surface area (Å²) >= 11 is 6.22. The highest BCUT2D eigenvalue weighted by atomic mass is 35.5. The third-order valence-corrected chi connectivity index (χ3v) is 4.72. The molecule has 2 N–H and O–H groups in total. The molecule has 0 aliphatic carbocycles. The molecular weight excluding hydrogens is 426 g/mol. The minimum Gasteiger partial charge on any atom is -0.381 e. The first-order valence-electron chi connectivity index (χ1n) is 9.12. The zero-order chi connectivity index (χ0) is 22.0. The van der Waals surface area contributed by atoms with Gasteiger partial charge in [-0.15, -0.1) is 0 Å². The normalized spacial score (nSPS) is 10.9. The molecule has 0 saturated carbocycles. The average molecular weight is 442 g/mol. The molecule has 0 unspecified atom stereocenters. The van der Waals surface area contributed by atoms with Crippen LogP contribution in [0.1, 0.15) is 5.69 Å². The van der Waals surface area contributed by atoms with Gasteiger partial charge in [-0.1, -0.05) is 11.6 Å². The summed E-state index contributed by atoms with van der Waals surface area (Å²) in [5.41, 5.74) is 0.931. The summed E-state index contributed by atoms with van der Waals surface area (Å²) in [6.45, 7) is 2.81. The fraction of sp³-hybridized carbons (Fsp3) is 0.167. The number of aromatic nitrogens is 6. The van der Waals surface area contributed by atoms with E-state index in [4.69, 9.17) is 11.6 Å². The Hall–Kier alpha value is -4.06. The van der Waals surface area contributed by atoms with E-state index in [1.165, 1.54) is 36.8 Å². The molecule has 0 bridgehead atoms. The monoisotopic (exact) mass is 441 g/mol.